The number of para-hydroxylation sites is 4. The summed E-state index contributed by atoms with van der Waals surface area (Å²) in [7, 11) is 1.69. The molecule has 0 radical (unpaired) electrons. The Morgan fingerprint density at radius 1 is 1.03 bits per heavy atom. The summed E-state index contributed by atoms with van der Waals surface area (Å²) >= 11 is 0. The van der Waals surface area contributed by atoms with Gasteiger partial charge in [0.15, 0.2) is 0 Å². The van der Waals surface area contributed by atoms with Gasteiger partial charge in [-0.1, -0.05) is 24.3 Å². The first-order valence-electron chi connectivity index (χ1n) is 10.4. The molecule has 158 valence electrons. The third kappa shape index (κ3) is 4.11. The summed E-state index contributed by atoms with van der Waals surface area (Å²) in [6.45, 7) is 5.53. The third-order valence-electron chi connectivity index (χ3n) is 5.78. The zero-order valence-corrected chi connectivity index (χ0v) is 17.5. The number of ether oxygens (including phenoxy) is 1. The number of piperazine rings is 1. The predicted octanol–water partition coefficient (Wildman–Crippen LogP) is 2.58. The number of anilines is 3. The highest BCUT2D eigenvalue weighted by atomic mass is 16.5. The van der Waals surface area contributed by atoms with Gasteiger partial charge in [0, 0.05) is 38.6 Å². The van der Waals surface area contributed by atoms with Crippen molar-refractivity contribution < 1.29 is 14.3 Å². The highest BCUT2D eigenvalue weighted by molar-refractivity contribution is 6.04. The fourth-order valence-corrected chi connectivity index (χ4v) is 4.27. The van der Waals surface area contributed by atoms with E-state index in [0.717, 1.165) is 43.3 Å². The number of hydrogen-bond acceptors (Lipinski definition) is 5. The first-order chi connectivity index (χ1) is 14.6. The van der Waals surface area contributed by atoms with Crippen LogP contribution in [0.3, 0.4) is 0 Å². The zero-order valence-electron chi connectivity index (χ0n) is 17.5. The molecule has 2 heterocycles. The fourth-order valence-electron chi connectivity index (χ4n) is 4.27. The van der Waals surface area contributed by atoms with Crippen molar-refractivity contribution in [1.29, 1.82) is 0 Å². The molecule has 2 aliphatic heterocycles. The highest BCUT2D eigenvalue weighted by Gasteiger charge is 2.31. The van der Waals surface area contributed by atoms with Crippen molar-refractivity contribution in [3.8, 4) is 5.75 Å². The van der Waals surface area contributed by atoms with Crippen molar-refractivity contribution in [2.75, 3.05) is 55.0 Å². The topological polar surface area (TPSA) is 65.1 Å². The van der Waals surface area contributed by atoms with E-state index in [1.807, 2.05) is 49.4 Å². The number of nitrogens with zero attached hydrogens (tertiary/aromatic N) is 3. The predicted molar refractivity (Wildman–Crippen MR) is 118 cm³/mol. The number of methoxy groups -OCH3 is 1. The van der Waals surface area contributed by atoms with Crippen LogP contribution in [0.1, 0.15) is 13.3 Å². The van der Waals surface area contributed by atoms with Crippen molar-refractivity contribution >= 4 is 28.9 Å². The minimum Gasteiger partial charge on any atom is -0.495 e. The van der Waals surface area contributed by atoms with Crippen molar-refractivity contribution in [1.82, 2.24) is 4.90 Å². The molecule has 1 saturated heterocycles. The molecule has 1 N–H and O–H groups in total. The van der Waals surface area contributed by atoms with Gasteiger partial charge in [-0.2, -0.15) is 0 Å². The molecule has 2 aromatic rings. The largest absolute Gasteiger partial charge is 0.495 e. The van der Waals surface area contributed by atoms with Gasteiger partial charge in [0.1, 0.15) is 5.75 Å². The third-order valence-corrected chi connectivity index (χ3v) is 5.78. The zero-order chi connectivity index (χ0) is 21.1. The van der Waals surface area contributed by atoms with Crippen LogP contribution in [0.4, 0.5) is 17.1 Å². The Morgan fingerprint density at radius 3 is 2.43 bits per heavy atom. The SMILES string of the molecule is COc1ccccc1N1CCN(CC(=O)N2c3ccccc3NC(=O)C[C@H]2C)CC1. The smallest absolute Gasteiger partial charge is 0.241 e. The molecular formula is C23H28N4O3. The van der Waals surface area contributed by atoms with E-state index in [1.54, 1.807) is 12.0 Å². The molecule has 0 aliphatic carbocycles. The molecule has 4 rings (SSSR count). The van der Waals surface area contributed by atoms with Gasteiger partial charge in [-0.05, 0) is 31.2 Å². The molecule has 2 aromatic carbocycles. The van der Waals surface area contributed by atoms with Crippen LogP contribution in [-0.2, 0) is 9.59 Å². The lowest BCUT2D eigenvalue weighted by Crippen LogP contribution is -2.51. The molecule has 7 heteroatoms. The second kappa shape index (κ2) is 8.75. The number of rotatable bonds is 4. The number of fused-ring (bicyclic) bond motifs is 1. The second-order valence-electron chi connectivity index (χ2n) is 7.82. The summed E-state index contributed by atoms with van der Waals surface area (Å²) in [5.41, 5.74) is 2.56. The van der Waals surface area contributed by atoms with Crippen molar-refractivity contribution in [2.45, 2.75) is 19.4 Å². The lowest BCUT2D eigenvalue weighted by atomic mass is 10.1. The van der Waals surface area contributed by atoms with Gasteiger partial charge in [-0.3, -0.25) is 14.5 Å². The summed E-state index contributed by atoms with van der Waals surface area (Å²) in [5.74, 6) is 0.835. The first kappa shape index (κ1) is 20.2. The van der Waals surface area contributed by atoms with Crippen LogP contribution in [0.2, 0.25) is 0 Å². The Morgan fingerprint density at radius 2 is 1.70 bits per heavy atom. The standard InChI is InChI=1S/C23H28N4O3/c1-17-15-22(28)24-18-7-3-4-8-19(18)27(17)23(29)16-25-11-13-26(14-12-25)20-9-5-6-10-21(20)30-2/h3-10,17H,11-16H2,1-2H3,(H,24,28)/t17-/m1/s1. The molecule has 2 aliphatic rings. The van der Waals surface area contributed by atoms with Gasteiger partial charge in [0.25, 0.3) is 0 Å². The number of hydrogen-bond donors (Lipinski definition) is 1. The second-order valence-corrected chi connectivity index (χ2v) is 7.82. The number of carbonyl (C=O) groups excluding carboxylic acids is 2. The summed E-state index contributed by atoms with van der Waals surface area (Å²) in [5, 5.41) is 2.91. The summed E-state index contributed by atoms with van der Waals surface area (Å²) < 4.78 is 5.49. The van der Waals surface area contributed by atoms with Gasteiger partial charge >= 0.3 is 0 Å². The van der Waals surface area contributed by atoms with Gasteiger partial charge in [-0.25, -0.2) is 0 Å². The summed E-state index contributed by atoms with van der Waals surface area (Å²) in [6, 6.07) is 15.4. The maximum atomic E-state index is 13.3. The Hall–Kier alpha value is -3.06. The lowest BCUT2D eigenvalue weighted by molar-refractivity contribution is -0.120. The summed E-state index contributed by atoms with van der Waals surface area (Å²) in [6.07, 6.45) is 0.294. The molecule has 0 unspecified atom stereocenters. The van der Waals surface area contributed by atoms with Gasteiger partial charge in [0.05, 0.1) is 30.7 Å². The molecular weight excluding hydrogens is 380 g/mol. The molecule has 1 atom stereocenters. The van der Waals surface area contributed by atoms with Crippen molar-refractivity contribution in [3.05, 3.63) is 48.5 Å². The lowest BCUT2D eigenvalue weighted by Gasteiger charge is -2.37. The average Bonchev–Trinajstić information content (AvgIpc) is 2.88. The Kier molecular flexibility index (Phi) is 5.90. The van der Waals surface area contributed by atoms with Crippen LogP contribution in [0.15, 0.2) is 48.5 Å². The van der Waals surface area contributed by atoms with Gasteiger partial charge < -0.3 is 19.9 Å². The normalized spacial score (nSPS) is 19.7. The van der Waals surface area contributed by atoms with Crippen LogP contribution in [0.5, 0.6) is 5.75 Å². The van der Waals surface area contributed by atoms with E-state index in [2.05, 4.69) is 21.2 Å². The van der Waals surface area contributed by atoms with Gasteiger partial charge in [0.2, 0.25) is 11.8 Å². The van der Waals surface area contributed by atoms with E-state index >= 15 is 0 Å². The number of carbonyl (C=O) groups is 2. The van der Waals surface area contributed by atoms with E-state index in [1.165, 1.54) is 0 Å². The molecule has 2 amide bonds. The van der Waals surface area contributed by atoms with Gasteiger partial charge in [-0.15, -0.1) is 0 Å². The number of nitrogens with one attached hydrogen (secondary N) is 1. The van der Waals surface area contributed by atoms with Crippen LogP contribution in [0, 0.1) is 0 Å². The Bertz CT molecular complexity index is 924. The Balaban J connectivity index is 1.43. The van der Waals surface area contributed by atoms with Crippen molar-refractivity contribution in [3.63, 3.8) is 0 Å². The number of amides is 2. The van der Waals surface area contributed by atoms with Crippen LogP contribution >= 0.6 is 0 Å². The van der Waals surface area contributed by atoms with E-state index in [0.29, 0.717) is 18.7 Å². The minimum atomic E-state index is -0.184. The molecule has 0 aromatic heterocycles. The minimum absolute atomic E-state index is 0.0252. The Labute approximate surface area is 177 Å². The molecule has 30 heavy (non-hydrogen) atoms. The quantitative estimate of drug-likeness (QED) is 0.843. The molecule has 0 spiro atoms. The first-order valence-corrected chi connectivity index (χ1v) is 10.4. The van der Waals surface area contributed by atoms with Crippen LogP contribution in [0.25, 0.3) is 0 Å². The maximum Gasteiger partial charge on any atom is 0.241 e. The molecule has 0 bridgehead atoms. The molecule has 0 saturated carbocycles. The van der Waals surface area contributed by atoms with E-state index in [9.17, 15) is 9.59 Å². The van der Waals surface area contributed by atoms with E-state index in [-0.39, 0.29) is 17.9 Å². The van der Waals surface area contributed by atoms with Crippen LogP contribution in [-0.4, -0.2) is 62.6 Å². The van der Waals surface area contributed by atoms with Crippen LogP contribution < -0.4 is 19.9 Å². The fraction of sp³-hybridized carbons (Fsp3) is 0.391. The highest BCUT2D eigenvalue weighted by Crippen LogP contribution is 2.32. The number of benzene rings is 2. The molecule has 1 fully saturated rings. The monoisotopic (exact) mass is 408 g/mol. The maximum absolute atomic E-state index is 13.3. The average molecular weight is 409 g/mol. The van der Waals surface area contributed by atoms with E-state index in [4.69, 9.17) is 4.74 Å². The van der Waals surface area contributed by atoms with E-state index < -0.39 is 0 Å². The summed E-state index contributed by atoms with van der Waals surface area (Å²) in [4.78, 5) is 31.7. The molecule has 7 nitrogen and oxygen atoms in total. The van der Waals surface area contributed by atoms with Crippen molar-refractivity contribution in [2.24, 2.45) is 0 Å².